The Bertz CT molecular complexity index is 740. The minimum Gasteiger partial charge on any atom is -0.332 e. The van der Waals surface area contributed by atoms with Crippen molar-refractivity contribution in [2.24, 2.45) is 0 Å². The van der Waals surface area contributed by atoms with E-state index in [1.807, 2.05) is 29.0 Å². The number of anilines is 1. The molecule has 22 heavy (non-hydrogen) atoms. The maximum absolute atomic E-state index is 4.80. The second kappa shape index (κ2) is 5.55. The number of pyridine rings is 1. The molecule has 0 bridgehead atoms. The molecular weight excluding hydrogens is 276 g/mol. The molecule has 0 saturated carbocycles. The molecule has 110 valence electrons. The van der Waals surface area contributed by atoms with E-state index in [1.165, 1.54) is 0 Å². The summed E-state index contributed by atoms with van der Waals surface area (Å²) in [5.41, 5.74) is 1.05. The van der Waals surface area contributed by atoms with Crippen LogP contribution in [0.15, 0.2) is 55.4 Å². The minimum absolute atomic E-state index is 0.228. The molecule has 4 rings (SSSR count). The third-order valence-corrected chi connectivity index (χ3v) is 3.93. The van der Waals surface area contributed by atoms with E-state index in [2.05, 4.69) is 25.9 Å². The lowest BCUT2D eigenvalue weighted by Gasteiger charge is -2.24. The third-order valence-electron chi connectivity index (χ3n) is 3.93. The molecule has 0 spiro atoms. The molecule has 1 aliphatic heterocycles. The molecule has 1 unspecified atom stereocenters. The van der Waals surface area contributed by atoms with Crippen LogP contribution in [-0.2, 0) is 0 Å². The molecule has 0 aromatic carbocycles. The number of hydrogen-bond acceptors (Lipinski definition) is 5. The Hall–Kier alpha value is -2.76. The highest BCUT2D eigenvalue weighted by molar-refractivity contribution is 5.37. The Balaban J connectivity index is 1.68. The van der Waals surface area contributed by atoms with Gasteiger partial charge in [-0.25, -0.2) is 19.9 Å². The molecule has 1 saturated heterocycles. The van der Waals surface area contributed by atoms with Crippen LogP contribution in [0.4, 0.5) is 5.95 Å². The Morgan fingerprint density at radius 2 is 1.95 bits per heavy atom. The highest BCUT2D eigenvalue weighted by Crippen LogP contribution is 2.33. The fraction of sp³-hybridized carbons (Fsp3) is 0.250. The topological polar surface area (TPSA) is 59.7 Å². The van der Waals surface area contributed by atoms with Crippen LogP contribution < -0.4 is 4.90 Å². The van der Waals surface area contributed by atoms with Gasteiger partial charge < -0.3 is 4.90 Å². The summed E-state index contributed by atoms with van der Waals surface area (Å²) in [4.78, 5) is 19.9. The van der Waals surface area contributed by atoms with Crippen LogP contribution in [-0.4, -0.2) is 31.0 Å². The zero-order valence-corrected chi connectivity index (χ0v) is 12.1. The molecule has 3 aromatic heterocycles. The molecule has 0 amide bonds. The molecule has 3 aromatic rings. The van der Waals surface area contributed by atoms with Gasteiger partial charge in [0.25, 0.3) is 0 Å². The van der Waals surface area contributed by atoms with E-state index in [0.29, 0.717) is 0 Å². The first-order chi connectivity index (χ1) is 10.9. The predicted octanol–water partition coefficient (Wildman–Crippen LogP) is 2.40. The molecule has 1 atom stereocenters. The van der Waals surface area contributed by atoms with Crippen LogP contribution in [0.25, 0.3) is 5.82 Å². The first-order valence-electron chi connectivity index (χ1n) is 7.41. The van der Waals surface area contributed by atoms with Gasteiger partial charge in [0.2, 0.25) is 5.95 Å². The summed E-state index contributed by atoms with van der Waals surface area (Å²) < 4.78 is 1.92. The smallest absolute Gasteiger partial charge is 0.225 e. The summed E-state index contributed by atoms with van der Waals surface area (Å²) in [5.74, 6) is 1.66. The Labute approximate surface area is 128 Å². The van der Waals surface area contributed by atoms with E-state index in [-0.39, 0.29) is 6.04 Å². The lowest BCUT2D eigenvalue weighted by molar-refractivity contribution is 0.676. The molecule has 0 aliphatic carbocycles. The zero-order valence-electron chi connectivity index (χ0n) is 12.1. The van der Waals surface area contributed by atoms with Crippen LogP contribution in [0.5, 0.6) is 0 Å². The van der Waals surface area contributed by atoms with Crippen molar-refractivity contribution >= 4 is 5.95 Å². The summed E-state index contributed by atoms with van der Waals surface area (Å²) in [7, 11) is 0. The van der Waals surface area contributed by atoms with Crippen molar-refractivity contribution in [3.8, 4) is 5.82 Å². The van der Waals surface area contributed by atoms with E-state index in [0.717, 1.165) is 36.8 Å². The molecule has 1 aliphatic rings. The van der Waals surface area contributed by atoms with Crippen molar-refractivity contribution in [2.45, 2.75) is 18.9 Å². The summed E-state index contributed by atoms with van der Waals surface area (Å²) in [6, 6.07) is 8.17. The highest BCUT2D eigenvalue weighted by Gasteiger charge is 2.29. The average molecular weight is 292 g/mol. The van der Waals surface area contributed by atoms with Crippen molar-refractivity contribution in [3.05, 3.63) is 61.1 Å². The van der Waals surface area contributed by atoms with E-state index in [4.69, 9.17) is 4.98 Å². The van der Waals surface area contributed by atoms with Gasteiger partial charge in [-0.3, -0.25) is 4.57 Å². The summed E-state index contributed by atoms with van der Waals surface area (Å²) in [5, 5.41) is 0. The lowest BCUT2D eigenvalue weighted by Crippen LogP contribution is -2.25. The molecule has 1 fully saturated rings. The fourth-order valence-corrected chi connectivity index (χ4v) is 2.92. The number of rotatable bonds is 3. The van der Waals surface area contributed by atoms with Gasteiger partial charge in [-0.2, -0.15) is 0 Å². The Kier molecular flexibility index (Phi) is 3.27. The van der Waals surface area contributed by atoms with Crippen molar-refractivity contribution in [1.29, 1.82) is 0 Å². The lowest BCUT2D eigenvalue weighted by atomic mass is 10.1. The van der Waals surface area contributed by atoms with E-state index >= 15 is 0 Å². The van der Waals surface area contributed by atoms with Gasteiger partial charge in [-0.1, -0.05) is 6.07 Å². The van der Waals surface area contributed by atoms with Gasteiger partial charge in [0.15, 0.2) is 0 Å². The van der Waals surface area contributed by atoms with Crippen molar-refractivity contribution in [1.82, 2.24) is 24.5 Å². The predicted molar refractivity (Wildman–Crippen MR) is 82.7 cm³/mol. The largest absolute Gasteiger partial charge is 0.332 e. The van der Waals surface area contributed by atoms with Crippen molar-refractivity contribution < 1.29 is 0 Å². The zero-order chi connectivity index (χ0) is 14.8. The van der Waals surface area contributed by atoms with Gasteiger partial charge >= 0.3 is 0 Å². The number of nitrogens with zero attached hydrogens (tertiary/aromatic N) is 6. The van der Waals surface area contributed by atoms with Crippen LogP contribution in [0, 0.1) is 0 Å². The van der Waals surface area contributed by atoms with Crippen LogP contribution in [0.2, 0.25) is 0 Å². The van der Waals surface area contributed by atoms with E-state index < -0.39 is 0 Å². The van der Waals surface area contributed by atoms with Gasteiger partial charge in [0.05, 0.1) is 11.7 Å². The van der Waals surface area contributed by atoms with Gasteiger partial charge in [-0.05, 0) is 31.0 Å². The minimum atomic E-state index is 0.228. The summed E-state index contributed by atoms with van der Waals surface area (Å²) in [6.45, 7) is 0.964. The second-order valence-corrected chi connectivity index (χ2v) is 5.29. The SMILES string of the molecule is c1cnc(N2CCCC2c2cccc(-n3ccnc3)n2)nc1. The van der Waals surface area contributed by atoms with E-state index in [1.54, 1.807) is 24.9 Å². The van der Waals surface area contributed by atoms with Gasteiger partial charge in [-0.15, -0.1) is 0 Å². The first-order valence-corrected chi connectivity index (χ1v) is 7.41. The molecule has 6 heteroatoms. The molecule has 6 nitrogen and oxygen atoms in total. The van der Waals surface area contributed by atoms with E-state index in [9.17, 15) is 0 Å². The maximum atomic E-state index is 4.80. The second-order valence-electron chi connectivity index (χ2n) is 5.29. The highest BCUT2D eigenvalue weighted by atomic mass is 15.3. The molecule has 0 radical (unpaired) electrons. The third kappa shape index (κ3) is 2.32. The van der Waals surface area contributed by atoms with Gasteiger partial charge in [0, 0.05) is 31.3 Å². The number of imidazole rings is 1. The number of aromatic nitrogens is 5. The normalized spacial score (nSPS) is 17.8. The fourth-order valence-electron chi connectivity index (χ4n) is 2.92. The Morgan fingerprint density at radius 1 is 1.05 bits per heavy atom. The van der Waals surface area contributed by atoms with Gasteiger partial charge in [0.1, 0.15) is 12.1 Å². The summed E-state index contributed by atoms with van der Waals surface area (Å²) >= 11 is 0. The van der Waals surface area contributed by atoms with Crippen molar-refractivity contribution in [3.63, 3.8) is 0 Å². The summed E-state index contributed by atoms with van der Waals surface area (Å²) in [6.07, 6.45) is 11.2. The quantitative estimate of drug-likeness (QED) is 0.742. The molecular formula is C16H16N6. The van der Waals surface area contributed by atoms with Crippen molar-refractivity contribution in [2.75, 3.05) is 11.4 Å². The maximum Gasteiger partial charge on any atom is 0.225 e. The molecule has 0 N–H and O–H groups in total. The van der Waals surface area contributed by atoms with Crippen LogP contribution in [0.1, 0.15) is 24.6 Å². The first kappa shape index (κ1) is 12.9. The van der Waals surface area contributed by atoms with Crippen LogP contribution in [0.3, 0.4) is 0 Å². The monoisotopic (exact) mass is 292 g/mol. The molecule has 4 heterocycles. The average Bonchev–Trinajstić information content (AvgIpc) is 3.27. The number of hydrogen-bond donors (Lipinski definition) is 0. The Morgan fingerprint density at radius 3 is 2.77 bits per heavy atom. The standard InChI is InChI=1S/C16H16N6/c1-4-13(20-15(6-1)21-11-9-17-12-21)14-5-2-10-22(14)16-18-7-3-8-19-16/h1,3-4,6-9,11-12,14H,2,5,10H2. The van der Waals surface area contributed by atoms with Crippen LogP contribution >= 0.6 is 0 Å².